The van der Waals surface area contributed by atoms with E-state index < -0.39 is 0 Å². The van der Waals surface area contributed by atoms with Gasteiger partial charge in [-0.15, -0.1) is 0 Å². The Morgan fingerprint density at radius 2 is 2.20 bits per heavy atom. The van der Waals surface area contributed by atoms with Crippen molar-refractivity contribution in [2.24, 2.45) is 0 Å². The molecule has 0 aliphatic rings. The molecule has 0 saturated heterocycles. The molecule has 0 fully saturated rings. The molecule has 0 radical (unpaired) electrons. The smallest absolute Gasteiger partial charge is 0.224 e. The van der Waals surface area contributed by atoms with Crippen molar-refractivity contribution >= 4 is 27.7 Å². The van der Waals surface area contributed by atoms with Crippen LogP contribution in [0, 0.1) is 0 Å². The maximum Gasteiger partial charge on any atom is 0.224 e. The third kappa shape index (κ3) is 2.81. The van der Waals surface area contributed by atoms with Crippen LogP contribution in [0.4, 0.5) is 11.8 Å². The van der Waals surface area contributed by atoms with Crippen LogP contribution in [0.1, 0.15) is 20.8 Å². The summed E-state index contributed by atoms with van der Waals surface area (Å²) in [4.78, 5) is 10.8. The van der Waals surface area contributed by atoms with Gasteiger partial charge >= 0.3 is 0 Å². The first-order valence-corrected chi connectivity index (χ1v) is 5.86. The highest BCUT2D eigenvalue weighted by Gasteiger charge is 2.14. The molecule has 0 saturated carbocycles. The van der Waals surface area contributed by atoms with Gasteiger partial charge in [0.1, 0.15) is 5.82 Å². The molecule has 15 heavy (non-hydrogen) atoms. The molecule has 0 bridgehead atoms. The molecule has 0 amide bonds. The van der Waals surface area contributed by atoms with Gasteiger partial charge in [-0.25, -0.2) is 4.98 Å². The molecule has 1 heterocycles. The minimum atomic E-state index is 0.422. The topological polar surface area (TPSA) is 41.1 Å². The number of aromatic nitrogens is 2. The summed E-state index contributed by atoms with van der Waals surface area (Å²) in [5.74, 6) is 1.58. The van der Waals surface area contributed by atoms with Crippen molar-refractivity contribution in [1.82, 2.24) is 9.97 Å². The zero-order valence-corrected chi connectivity index (χ0v) is 11.2. The quantitative estimate of drug-likeness (QED) is 0.915. The highest BCUT2D eigenvalue weighted by atomic mass is 79.9. The minimum Gasteiger partial charge on any atom is -0.357 e. The minimum absolute atomic E-state index is 0.422. The molecule has 84 valence electrons. The van der Waals surface area contributed by atoms with E-state index in [1.165, 1.54) is 0 Å². The second-order valence-electron chi connectivity index (χ2n) is 3.49. The van der Waals surface area contributed by atoms with E-state index in [9.17, 15) is 0 Å². The number of rotatable bonds is 4. The van der Waals surface area contributed by atoms with Crippen LogP contribution < -0.4 is 10.2 Å². The summed E-state index contributed by atoms with van der Waals surface area (Å²) in [6.07, 6.45) is 1.78. The molecule has 1 aromatic heterocycles. The Labute approximate surface area is 99.2 Å². The standard InChI is InChI=1S/C10H17BrN4/c1-5-15(7(2)3)9-8(11)6-13-10(12-4)14-9/h6-7H,5H2,1-4H3,(H,12,13,14). The molecule has 1 N–H and O–H groups in total. The van der Waals surface area contributed by atoms with Gasteiger partial charge in [-0.3, -0.25) is 0 Å². The van der Waals surface area contributed by atoms with E-state index in [2.05, 4.69) is 56.9 Å². The summed E-state index contributed by atoms with van der Waals surface area (Å²) in [5.41, 5.74) is 0. The largest absolute Gasteiger partial charge is 0.357 e. The normalized spacial score (nSPS) is 10.5. The van der Waals surface area contributed by atoms with Crippen molar-refractivity contribution < 1.29 is 0 Å². The second kappa shape index (κ2) is 5.30. The Balaban J connectivity index is 3.09. The Morgan fingerprint density at radius 3 is 2.67 bits per heavy atom. The SMILES string of the molecule is CCN(c1nc(NC)ncc1Br)C(C)C. The van der Waals surface area contributed by atoms with Gasteiger partial charge in [0.2, 0.25) is 5.95 Å². The molecule has 0 aromatic carbocycles. The molecule has 1 aromatic rings. The molecule has 0 unspecified atom stereocenters. The van der Waals surface area contributed by atoms with Crippen molar-refractivity contribution in [1.29, 1.82) is 0 Å². The maximum absolute atomic E-state index is 4.44. The molecule has 5 heteroatoms. The van der Waals surface area contributed by atoms with Crippen molar-refractivity contribution in [3.05, 3.63) is 10.7 Å². The first-order valence-electron chi connectivity index (χ1n) is 5.07. The Morgan fingerprint density at radius 1 is 1.53 bits per heavy atom. The lowest BCUT2D eigenvalue weighted by Crippen LogP contribution is -2.31. The Bertz CT molecular complexity index is 327. The summed E-state index contributed by atoms with van der Waals surface area (Å²) in [6, 6.07) is 0.422. The number of hydrogen-bond acceptors (Lipinski definition) is 4. The van der Waals surface area contributed by atoms with Crippen LogP contribution in [0.3, 0.4) is 0 Å². The molecule has 0 aliphatic carbocycles. The van der Waals surface area contributed by atoms with E-state index in [-0.39, 0.29) is 0 Å². The molecule has 0 aliphatic heterocycles. The van der Waals surface area contributed by atoms with Gasteiger partial charge in [-0.05, 0) is 36.7 Å². The lowest BCUT2D eigenvalue weighted by atomic mass is 10.3. The fourth-order valence-corrected chi connectivity index (χ4v) is 1.86. The van der Waals surface area contributed by atoms with Crippen LogP contribution in [0.25, 0.3) is 0 Å². The van der Waals surface area contributed by atoms with Gasteiger partial charge in [-0.1, -0.05) is 0 Å². The maximum atomic E-state index is 4.44. The summed E-state index contributed by atoms with van der Waals surface area (Å²) < 4.78 is 0.928. The molecular weight excluding hydrogens is 256 g/mol. The summed E-state index contributed by atoms with van der Waals surface area (Å²) in [6.45, 7) is 7.35. The van der Waals surface area contributed by atoms with Gasteiger partial charge in [0, 0.05) is 25.8 Å². The van der Waals surface area contributed by atoms with E-state index in [1.807, 2.05) is 7.05 Å². The van der Waals surface area contributed by atoms with Gasteiger partial charge < -0.3 is 10.2 Å². The lowest BCUT2D eigenvalue weighted by Gasteiger charge is -2.27. The van der Waals surface area contributed by atoms with Crippen LogP contribution in [0.15, 0.2) is 10.7 Å². The fraction of sp³-hybridized carbons (Fsp3) is 0.600. The van der Waals surface area contributed by atoms with E-state index in [0.29, 0.717) is 12.0 Å². The fourth-order valence-electron chi connectivity index (χ4n) is 1.44. The predicted octanol–water partition coefficient (Wildman–Crippen LogP) is 2.52. The predicted molar refractivity (Wildman–Crippen MR) is 67.4 cm³/mol. The summed E-state index contributed by atoms with van der Waals surface area (Å²) in [7, 11) is 1.82. The average Bonchev–Trinajstić information content (AvgIpc) is 2.21. The number of halogens is 1. The first kappa shape index (κ1) is 12.2. The Hall–Kier alpha value is -0.840. The Kier molecular flexibility index (Phi) is 4.32. The monoisotopic (exact) mass is 272 g/mol. The molecular formula is C10H17BrN4. The molecule has 1 rings (SSSR count). The van der Waals surface area contributed by atoms with Crippen LogP contribution in [-0.4, -0.2) is 29.6 Å². The van der Waals surface area contributed by atoms with Crippen LogP contribution in [-0.2, 0) is 0 Å². The van der Waals surface area contributed by atoms with Gasteiger partial charge in [0.25, 0.3) is 0 Å². The number of nitrogens with zero attached hydrogens (tertiary/aromatic N) is 3. The highest BCUT2D eigenvalue weighted by molar-refractivity contribution is 9.10. The van der Waals surface area contributed by atoms with E-state index in [1.54, 1.807) is 6.20 Å². The number of nitrogens with one attached hydrogen (secondary N) is 1. The average molecular weight is 273 g/mol. The van der Waals surface area contributed by atoms with Gasteiger partial charge in [0.15, 0.2) is 0 Å². The second-order valence-corrected chi connectivity index (χ2v) is 4.35. The van der Waals surface area contributed by atoms with Crippen molar-refractivity contribution in [3.63, 3.8) is 0 Å². The number of anilines is 2. The van der Waals surface area contributed by atoms with Crippen molar-refractivity contribution in [2.45, 2.75) is 26.8 Å². The molecule has 4 nitrogen and oxygen atoms in total. The van der Waals surface area contributed by atoms with Crippen LogP contribution in [0.2, 0.25) is 0 Å². The van der Waals surface area contributed by atoms with Crippen LogP contribution >= 0.6 is 15.9 Å². The zero-order valence-electron chi connectivity index (χ0n) is 9.58. The van der Waals surface area contributed by atoms with Gasteiger partial charge in [-0.2, -0.15) is 4.98 Å². The highest BCUT2D eigenvalue weighted by Crippen LogP contribution is 2.25. The summed E-state index contributed by atoms with van der Waals surface area (Å²) in [5, 5.41) is 2.94. The lowest BCUT2D eigenvalue weighted by molar-refractivity contribution is 0.690. The van der Waals surface area contributed by atoms with Crippen molar-refractivity contribution in [2.75, 3.05) is 23.8 Å². The third-order valence-electron chi connectivity index (χ3n) is 2.19. The zero-order chi connectivity index (χ0) is 11.4. The molecule has 0 atom stereocenters. The third-order valence-corrected chi connectivity index (χ3v) is 2.74. The summed E-state index contributed by atoms with van der Waals surface area (Å²) >= 11 is 3.47. The molecule has 0 spiro atoms. The number of hydrogen-bond donors (Lipinski definition) is 1. The van der Waals surface area contributed by atoms with E-state index in [4.69, 9.17) is 0 Å². The van der Waals surface area contributed by atoms with Gasteiger partial charge in [0.05, 0.1) is 4.47 Å². The van der Waals surface area contributed by atoms with Crippen LogP contribution in [0.5, 0.6) is 0 Å². The van der Waals surface area contributed by atoms with Crippen molar-refractivity contribution in [3.8, 4) is 0 Å². The first-order chi connectivity index (χ1) is 7.10. The van der Waals surface area contributed by atoms with E-state index >= 15 is 0 Å². The van der Waals surface area contributed by atoms with E-state index in [0.717, 1.165) is 16.8 Å².